The summed E-state index contributed by atoms with van der Waals surface area (Å²) in [5, 5.41) is 38.9. The van der Waals surface area contributed by atoms with Crippen LogP contribution in [0, 0.1) is 11.3 Å². The fourth-order valence-electron chi connectivity index (χ4n) is 4.39. The molecule has 3 N–H and O–H groups in total. The van der Waals surface area contributed by atoms with E-state index in [2.05, 4.69) is 37.0 Å². The Bertz CT molecular complexity index is 1400. The molecule has 5 rings (SSSR count). The monoisotopic (exact) mass is 474 g/mol. The summed E-state index contributed by atoms with van der Waals surface area (Å²) in [5.74, 6) is 0.292. The van der Waals surface area contributed by atoms with Crippen LogP contribution in [-0.4, -0.2) is 49.1 Å². The van der Waals surface area contributed by atoms with E-state index in [1.54, 1.807) is 28.1 Å². The van der Waals surface area contributed by atoms with Gasteiger partial charge in [0.1, 0.15) is 11.1 Å². The molecule has 0 bridgehead atoms. The van der Waals surface area contributed by atoms with Crippen molar-refractivity contribution < 1.29 is 9.90 Å². The van der Waals surface area contributed by atoms with Gasteiger partial charge in [0, 0.05) is 30.9 Å². The summed E-state index contributed by atoms with van der Waals surface area (Å²) in [6, 6.07) is 9.72. The third kappa shape index (κ3) is 4.15. The predicted octanol–water partition coefficient (Wildman–Crippen LogP) is 4.12. The first-order valence-corrected chi connectivity index (χ1v) is 11.8. The Morgan fingerprint density at radius 1 is 1.21 bits per heavy atom. The standard InChI is InChI=1S/C23H22N8O2S/c1-25-18-9-19(20-7-6-16-8-13(10-24)11-27-31(16)20)26-12-17(18)22-30-29-21(34-22)14-2-4-15(5-3-14)28-23(32)33/h6-9,11-12,14-15,28H,2-5H2,1H3,(H,25,26)(H,32,33). The number of carboxylic acid groups (broad SMARTS) is 1. The van der Waals surface area contributed by atoms with E-state index in [0.29, 0.717) is 11.5 Å². The molecule has 1 aliphatic rings. The molecule has 34 heavy (non-hydrogen) atoms. The molecule has 0 atom stereocenters. The van der Waals surface area contributed by atoms with Crippen LogP contribution in [0.25, 0.3) is 27.5 Å². The first-order chi connectivity index (χ1) is 16.6. The van der Waals surface area contributed by atoms with Crippen molar-refractivity contribution in [2.75, 3.05) is 12.4 Å². The van der Waals surface area contributed by atoms with Crippen molar-refractivity contribution >= 4 is 28.6 Å². The zero-order chi connectivity index (χ0) is 23.7. The predicted molar refractivity (Wildman–Crippen MR) is 128 cm³/mol. The van der Waals surface area contributed by atoms with Crippen LogP contribution in [0.15, 0.2) is 36.7 Å². The van der Waals surface area contributed by atoms with Crippen molar-refractivity contribution in [1.29, 1.82) is 5.26 Å². The van der Waals surface area contributed by atoms with Gasteiger partial charge in [0.2, 0.25) is 0 Å². The van der Waals surface area contributed by atoms with Crippen LogP contribution in [0.5, 0.6) is 0 Å². The van der Waals surface area contributed by atoms with E-state index in [1.807, 2.05) is 25.2 Å². The summed E-state index contributed by atoms with van der Waals surface area (Å²) < 4.78 is 1.76. The van der Waals surface area contributed by atoms with Crippen LogP contribution >= 0.6 is 11.3 Å². The minimum atomic E-state index is -0.965. The van der Waals surface area contributed by atoms with Crippen LogP contribution in [-0.2, 0) is 0 Å². The van der Waals surface area contributed by atoms with Crippen molar-refractivity contribution in [3.8, 4) is 28.0 Å². The normalized spacial score (nSPS) is 17.9. The van der Waals surface area contributed by atoms with E-state index >= 15 is 0 Å². The zero-order valence-electron chi connectivity index (χ0n) is 18.4. The van der Waals surface area contributed by atoms with Gasteiger partial charge in [-0.15, -0.1) is 10.2 Å². The molecule has 172 valence electrons. The number of pyridine rings is 1. The average Bonchev–Trinajstić information content (AvgIpc) is 3.51. The Hall–Kier alpha value is -4.04. The van der Waals surface area contributed by atoms with Gasteiger partial charge < -0.3 is 15.7 Å². The second-order valence-electron chi connectivity index (χ2n) is 8.22. The number of hydrogen-bond donors (Lipinski definition) is 3. The smallest absolute Gasteiger partial charge is 0.404 e. The quantitative estimate of drug-likeness (QED) is 0.392. The number of hydrogen-bond acceptors (Lipinski definition) is 8. The van der Waals surface area contributed by atoms with Gasteiger partial charge in [-0.05, 0) is 49.9 Å². The number of nitrogens with one attached hydrogen (secondary N) is 2. The highest BCUT2D eigenvalue weighted by Crippen LogP contribution is 2.38. The van der Waals surface area contributed by atoms with E-state index in [-0.39, 0.29) is 6.04 Å². The van der Waals surface area contributed by atoms with Gasteiger partial charge in [-0.2, -0.15) is 10.4 Å². The Balaban J connectivity index is 1.38. The molecule has 1 fully saturated rings. The third-order valence-electron chi connectivity index (χ3n) is 6.14. The Kier molecular flexibility index (Phi) is 5.81. The number of fused-ring (bicyclic) bond motifs is 1. The molecule has 0 aliphatic heterocycles. The van der Waals surface area contributed by atoms with Crippen molar-refractivity contribution in [2.24, 2.45) is 0 Å². The molecule has 0 saturated heterocycles. The molecular weight excluding hydrogens is 452 g/mol. The van der Waals surface area contributed by atoms with Gasteiger partial charge in [-0.25, -0.2) is 9.31 Å². The number of anilines is 1. The maximum absolute atomic E-state index is 10.9. The molecule has 0 radical (unpaired) electrons. The minimum absolute atomic E-state index is 0.0138. The van der Waals surface area contributed by atoms with Gasteiger partial charge in [0.25, 0.3) is 0 Å². The number of carbonyl (C=O) groups is 1. The van der Waals surface area contributed by atoms with Gasteiger partial charge in [0.05, 0.1) is 34.2 Å². The number of amides is 1. The second kappa shape index (κ2) is 9.07. The van der Waals surface area contributed by atoms with E-state index < -0.39 is 6.09 Å². The first-order valence-electron chi connectivity index (χ1n) is 10.9. The van der Waals surface area contributed by atoms with Gasteiger partial charge >= 0.3 is 6.09 Å². The maximum Gasteiger partial charge on any atom is 0.404 e. The molecule has 0 spiro atoms. The molecule has 10 nitrogen and oxygen atoms in total. The van der Waals surface area contributed by atoms with E-state index in [4.69, 9.17) is 10.4 Å². The van der Waals surface area contributed by atoms with E-state index in [1.165, 1.54) is 6.20 Å². The Labute approximate surface area is 199 Å². The van der Waals surface area contributed by atoms with E-state index in [0.717, 1.165) is 63.9 Å². The molecule has 1 amide bonds. The highest BCUT2D eigenvalue weighted by molar-refractivity contribution is 7.14. The summed E-state index contributed by atoms with van der Waals surface area (Å²) in [5.41, 5.74) is 4.66. The van der Waals surface area contributed by atoms with Crippen molar-refractivity contribution in [3.63, 3.8) is 0 Å². The maximum atomic E-state index is 10.9. The van der Waals surface area contributed by atoms with Crippen LogP contribution in [0.3, 0.4) is 0 Å². The van der Waals surface area contributed by atoms with Crippen LogP contribution in [0.1, 0.15) is 42.2 Å². The third-order valence-corrected chi connectivity index (χ3v) is 7.26. The highest BCUT2D eigenvalue weighted by atomic mass is 32.1. The number of nitriles is 1. The largest absolute Gasteiger partial charge is 0.465 e. The summed E-state index contributed by atoms with van der Waals surface area (Å²) >= 11 is 1.56. The lowest BCUT2D eigenvalue weighted by atomic mass is 9.86. The summed E-state index contributed by atoms with van der Waals surface area (Å²) in [6.07, 6.45) is 5.75. The molecule has 1 aliphatic carbocycles. The van der Waals surface area contributed by atoms with Gasteiger partial charge in [-0.1, -0.05) is 11.3 Å². The average molecular weight is 475 g/mol. The fraction of sp³-hybridized carbons (Fsp3) is 0.304. The number of aromatic nitrogens is 5. The summed E-state index contributed by atoms with van der Waals surface area (Å²) in [4.78, 5) is 15.5. The molecule has 11 heteroatoms. The van der Waals surface area contributed by atoms with Crippen LogP contribution in [0.2, 0.25) is 0 Å². The van der Waals surface area contributed by atoms with Crippen molar-refractivity contribution in [1.82, 2.24) is 30.1 Å². The molecule has 1 saturated carbocycles. The van der Waals surface area contributed by atoms with Crippen LogP contribution < -0.4 is 10.6 Å². The van der Waals surface area contributed by atoms with Crippen molar-refractivity contribution in [2.45, 2.75) is 37.6 Å². The molecular formula is C23H22N8O2S. The first kappa shape index (κ1) is 21.8. The van der Waals surface area contributed by atoms with Gasteiger partial charge in [0.15, 0.2) is 5.01 Å². The Morgan fingerprint density at radius 3 is 2.76 bits per heavy atom. The highest BCUT2D eigenvalue weighted by Gasteiger charge is 2.26. The lowest BCUT2D eigenvalue weighted by Crippen LogP contribution is -2.36. The Morgan fingerprint density at radius 2 is 2.03 bits per heavy atom. The zero-order valence-corrected chi connectivity index (χ0v) is 19.2. The molecule has 0 unspecified atom stereocenters. The summed E-state index contributed by atoms with van der Waals surface area (Å²) in [7, 11) is 1.86. The molecule has 4 aromatic heterocycles. The molecule has 4 aromatic rings. The topological polar surface area (TPSA) is 141 Å². The lowest BCUT2D eigenvalue weighted by Gasteiger charge is -2.26. The number of nitrogens with zero attached hydrogens (tertiary/aromatic N) is 6. The fourth-order valence-corrected chi connectivity index (χ4v) is 5.43. The molecule has 0 aromatic carbocycles. The van der Waals surface area contributed by atoms with E-state index in [9.17, 15) is 4.79 Å². The van der Waals surface area contributed by atoms with Crippen molar-refractivity contribution in [3.05, 3.63) is 47.2 Å². The lowest BCUT2D eigenvalue weighted by molar-refractivity contribution is 0.185. The molecule has 4 heterocycles. The minimum Gasteiger partial charge on any atom is -0.465 e. The SMILES string of the molecule is CNc1cc(-c2ccc3cc(C#N)cnn23)ncc1-c1nnc(C2CCC(NC(=O)O)CC2)s1. The second-order valence-corrected chi connectivity index (χ2v) is 9.23. The number of rotatable bonds is 5. The summed E-state index contributed by atoms with van der Waals surface area (Å²) in [6.45, 7) is 0. The van der Waals surface area contributed by atoms with Gasteiger partial charge in [-0.3, -0.25) is 4.98 Å². The van der Waals surface area contributed by atoms with Crippen LogP contribution in [0.4, 0.5) is 10.5 Å².